The molecule has 0 spiro atoms. The van der Waals surface area contributed by atoms with Crippen LogP contribution in [0.2, 0.25) is 0 Å². The van der Waals surface area contributed by atoms with Gasteiger partial charge in [-0.05, 0) is 17.0 Å². The van der Waals surface area contributed by atoms with E-state index in [9.17, 15) is 5.11 Å². The van der Waals surface area contributed by atoms with E-state index in [1.807, 2.05) is 48.5 Å². The number of aliphatic hydroxyl groups excluding tert-OH is 1. The highest BCUT2D eigenvalue weighted by Crippen LogP contribution is 2.25. The standard InChI is InChI=1S/C20H21NO2/c22-18(14-21-13-16-7-2-1-3-8-16)15-23-20-12-6-10-17-9-4-5-11-19(17)20/h1-12,18,21-22H,13-15H2/t18-/m1/s1. The molecule has 3 aromatic carbocycles. The van der Waals surface area contributed by atoms with Crippen molar-refractivity contribution in [3.05, 3.63) is 78.4 Å². The topological polar surface area (TPSA) is 41.5 Å². The molecule has 3 aromatic rings. The van der Waals surface area contributed by atoms with E-state index in [4.69, 9.17) is 4.74 Å². The number of benzene rings is 3. The summed E-state index contributed by atoms with van der Waals surface area (Å²) in [5, 5.41) is 15.5. The molecule has 3 heteroatoms. The predicted molar refractivity (Wildman–Crippen MR) is 93.6 cm³/mol. The summed E-state index contributed by atoms with van der Waals surface area (Å²) in [5.41, 5.74) is 1.20. The van der Waals surface area contributed by atoms with Crippen molar-refractivity contribution in [1.29, 1.82) is 0 Å². The van der Waals surface area contributed by atoms with Crippen LogP contribution in [0.3, 0.4) is 0 Å². The zero-order valence-corrected chi connectivity index (χ0v) is 13.0. The Labute approximate surface area is 136 Å². The fraction of sp³-hybridized carbons (Fsp3) is 0.200. The number of ether oxygens (including phenoxy) is 1. The molecule has 0 aromatic heterocycles. The summed E-state index contributed by atoms with van der Waals surface area (Å²) in [4.78, 5) is 0. The Morgan fingerprint density at radius 1 is 0.870 bits per heavy atom. The minimum Gasteiger partial charge on any atom is -0.490 e. The van der Waals surface area contributed by atoms with Crippen molar-refractivity contribution in [2.75, 3.05) is 13.2 Å². The zero-order valence-electron chi connectivity index (χ0n) is 13.0. The van der Waals surface area contributed by atoms with Gasteiger partial charge in [0.1, 0.15) is 18.5 Å². The molecule has 1 atom stereocenters. The smallest absolute Gasteiger partial charge is 0.127 e. The highest BCUT2D eigenvalue weighted by atomic mass is 16.5. The fourth-order valence-electron chi connectivity index (χ4n) is 2.55. The van der Waals surface area contributed by atoms with E-state index in [0.29, 0.717) is 6.54 Å². The number of hydrogen-bond donors (Lipinski definition) is 2. The highest BCUT2D eigenvalue weighted by molar-refractivity contribution is 5.88. The maximum Gasteiger partial charge on any atom is 0.127 e. The second-order valence-electron chi connectivity index (χ2n) is 5.56. The maximum atomic E-state index is 10.1. The Hall–Kier alpha value is -2.36. The number of rotatable bonds is 7. The van der Waals surface area contributed by atoms with Gasteiger partial charge in [0.15, 0.2) is 0 Å². The van der Waals surface area contributed by atoms with Crippen LogP contribution >= 0.6 is 0 Å². The third kappa shape index (κ3) is 4.31. The van der Waals surface area contributed by atoms with Crippen molar-refractivity contribution in [1.82, 2.24) is 5.32 Å². The van der Waals surface area contributed by atoms with Gasteiger partial charge >= 0.3 is 0 Å². The molecule has 0 saturated carbocycles. The minimum absolute atomic E-state index is 0.274. The van der Waals surface area contributed by atoms with Gasteiger partial charge in [0.2, 0.25) is 0 Å². The number of aliphatic hydroxyl groups is 1. The number of fused-ring (bicyclic) bond motifs is 1. The molecule has 0 radical (unpaired) electrons. The van der Waals surface area contributed by atoms with Crippen LogP contribution < -0.4 is 10.1 Å². The van der Waals surface area contributed by atoms with E-state index in [0.717, 1.165) is 23.1 Å². The number of hydrogen-bond acceptors (Lipinski definition) is 3. The van der Waals surface area contributed by atoms with Gasteiger partial charge in [0, 0.05) is 18.5 Å². The molecular weight excluding hydrogens is 286 g/mol. The van der Waals surface area contributed by atoms with Gasteiger partial charge in [-0.25, -0.2) is 0 Å². The molecule has 0 bridgehead atoms. The zero-order chi connectivity index (χ0) is 15.9. The van der Waals surface area contributed by atoms with E-state index in [2.05, 4.69) is 29.6 Å². The average Bonchev–Trinajstić information content (AvgIpc) is 2.61. The summed E-state index contributed by atoms with van der Waals surface area (Å²) in [7, 11) is 0. The Morgan fingerprint density at radius 2 is 1.61 bits per heavy atom. The van der Waals surface area contributed by atoms with Crippen molar-refractivity contribution in [2.45, 2.75) is 12.6 Å². The lowest BCUT2D eigenvalue weighted by Crippen LogP contribution is -2.31. The molecule has 118 valence electrons. The molecule has 23 heavy (non-hydrogen) atoms. The second-order valence-corrected chi connectivity index (χ2v) is 5.56. The van der Waals surface area contributed by atoms with Gasteiger partial charge in [-0.2, -0.15) is 0 Å². The lowest BCUT2D eigenvalue weighted by Gasteiger charge is -2.14. The van der Waals surface area contributed by atoms with Gasteiger partial charge < -0.3 is 15.2 Å². The molecule has 0 aliphatic rings. The Kier molecular flexibility index (Phi) is 5.25. The van der Waals surface area contributed by atoms with E-state index < -0.39 is 6.10 Å². The van der Waals surface area contributed by atoms with Gasteiger partial charge in [-0.1, -0.05) is 66.7 Å². The van der Waals surface area contributed by atoms with E-state index in [1.54, 1.807) is 0 Å². The van der Waals surface area contributed by atoms with Gasteiger partial charge in [0.05, 0.1) is 0 Å². The van der Waals surface area contributed by atoms with Crippen LogP contribution in [0, 0.1) is 0 Å². The molecule has 3 nitrogen and oxygen atoms in total. The van der Waals surface area contributed by atoms with Crippen LogP contribution in [-0.4, -0.2) is 24.4 Å². The first-order chi connectivity index (χ1) is 11.3. The lowest BCUT2D eigenvalue weighted by molar-refractivity contribution is 0.107. The summed E-state index contributed by atoms with van der Waals surface area (Å²) in [6.07, 6.45) is -0.544. The summed E-state index contributed by atoms with van der Waals surface area (Å²) < 4.78 is 5.79. The molecule has 0 heterocycles. The summed E-state index contributed by atoms with van der Waals surface area (Å²) in [6.45, 7) is 1.52. The fourth-order valence-corrected chi connectivity index (χ4v) is 2.55. The first-order valence-corrected chi connectivity index (χ1v) is 7.86. The number of nitrogens with one attached hydrogen (secondary N) is 1. The quantitative estimate of drug-likeness (QED) is 0.703. The SMILES string of the molecule is O[C@H](CNCc1ccccc1)COc1cccc2ccccc12. The summed E-state index contributed by atoms with van der Waals surface area (Å²) >= 11 is 0. The van der Waals surface area contributed by atoms with Crippen molar-refractivity contribution >= 4 is 10.8 Å². The Morgan fingerprint density at radius 3 is 2.48 bits per heavy atom. The normalized spacial score (nSPS) is 12.2. The van der Waals surface area contributed by atoms with Crippen molar-refractivity contribution in [2.24, 2.45) is 0 Å². The van der Waals surface area contributed by atoms with Gasteiger partial charge in [-0.3, -0.25) is 0 Å². The summed E-state index contributed by atoms with van der Waals surface area (Å²) in [5.74, 6) is 0.810. The van der Waals surface area contributed by atoms with Crippen molar-refractivity contribution < 1.29 is 9.84 Å². The Bertz CT molecular complexity index is 737. The molecule has 0 aliphatic heterocycles. The van der Waals surface area contributed by atoms with Crippen molar-refractivity contribution in [3.63, 3.8) is 0 Å². The van der Waals surface area contributed by atoms with Gasteiger partial charge in [0.25, 0.3) is 0 Å². The van der Waals surface area contributed by atoms with Crippen LogP contribution in [0.5, 0.6) is 5.75 Å². The monoisotopic (exact) mass is 307 g/mol. The largest absolute Gasteiger partial charge is 0.490 e. The van der Waals surface area contributed by atoms with Crippen LogP contribution in [0.15, 0.2) is 72.8 Å². The predicted octanol–water partition coefficient (Wildman–Crippen LogP) is 3.37. The third-order valence-electron chi connectivity index (χ3n) is 3.73. The van der Waals surface area contributed by atoms with Crippen LogP contribution in [0.25, 0.3) is 10.8 Å². The minimum atomic E-state index is -0.544. The van der Waals surface area contributed by atoms with Crippen molar-refractivity contribution in [3.8, 4) is 5.75 Å². The van der Waals surface area contributed by atoms with Crippen LogP contribution in [0.4, 0.5) is 0 Å². The Balaban J connectivity index is 1.49. The van der Waals surface area contributed by atoms with Gasteiger partial charge in [-0.15, -0.1) is 0 Å². The second kappa shape index (κ2) is 7.77. The van der Waals surface area contributed by atoms with E-state index in [1.165, 1.54) is 5.56 Å². The molecule has 3 rings (SSSR count). The molecule has 0 unspecified atom stereocenters. The molecule has 0 fully saturated rings. The molecular formula is C20H21NO2. The van der Waals surface area contributed by atoms with Crippen LogP contribution in [-0.2, 0) is 6.54 Å². The first-order valence-electron chi connectivity index (χ1n) is 7.86. The first kappa shape index (κ1) is 15.5. The highest BCUT2D eigenvalue weighted by Gasteiger charge is 2.07. The molecule has 0 aliphatic carbocycles. The molecule has 2 N–H and O–H groups in total. The maximum absolute atomic E-state index is 10.1. The molecule has 0 amide bonds. The lowest BCUT2D eigenvalue weighted by atomic mass is 10.1. The average molecular weight is 307 g/mol. The van der Waals surface area contributed by atoms with Crippen LogP contribution in [0.1, 0.15) is 5.56 Å². The third-order valence-corrected chi connectivity index (χ3v) is 3.73. The van der Waals surface area contributed by atoms with E-state index >= 15 is 0 Å². The summed E-state index contributed by atoms with van der Waals surface area (Å²) in [6, 6.07) is 24.2. The molecule has 0 saturated heterocycles. The van der Waals surface area contributed by atoms with E-state index in [-0.39, 0.29) is 6.61 Å².